The van der Waals surface area contributed by atoms with Gasteiger partial charge in [0, 0.05) is 35.9 Å². The minimum atomic E-state index is -0.269. The zero-order valence-electron chi connectivity index (χ0n) is 10.4. The van der Waals surface area contributed by atoms with Crippen molar-refractivity contribution in [3.05, 3.63) is 23.3 Å². The smallest absolute Gasteiger partial charge is 0.125 e. The average molecular weight is 232 g/mol. The Balaban J connectivity index is 2.08. The number of hydrogen-bond acceptors (Lipinski definition) is 3. The van der Waals surface area contributed by atoms with E-state index in [0.29, 0.717) is 5.75 Å². The van der Waals surface area contributed by atoms with E-state index in [-0.39, 0.29) is 5.54 Å². The number of anilines is 1. The molecule has 2 aliphatic rings. The lowest BCUT2D eigenvalue weighted by Crippen LogP contribution is -2.43. The van der Waals surface area contributed by atoms with Crippen LogP contribution >= 0.6 is 0 Å². The topological polar surface area (TPSA) is 49.5 Å². The van der Waals surface area contributed by atoms with Crippen molar-refractivity contribution in [1.29, 1.82) is 0 Å². The van der Waals surface area contributed by atoms with Gasteiger partial charge in [0.1, 0.15) is 5.75 Å². The zero-order chi connectivity index (χ0) is 12.0. The van der Waals surface area contributed by atoms with Crippen LogP contribution in [0.25, 0.3) is 0 Å². The fourth-order valence-corrected chi connectivity index (χ4v) is 3.07. The lowest BCUT2D eigenvalue weighted by atomic mass is 9.71. The van der Waals surface area contributed by atoms with Crippen LogP contribution in [0.2, 0.25) is 0 Å². The highest BCUT2D eigenvalue weighted by atomic mass is 16.3. The Kier molecular flexibility index (Phi) is 2.33. The Labute approximate surface area is 102 Å². The van der Waals surface area contributed by atoms with Crippen molar-refractivity contribution in [2.75, 3.05) is 18.5 Å². The molecule has 0 saturated heterocycles. The molecular formula is C14H20N2O. The molecular weight excluding hydrogens is 212 g/mol. The fourth-order valence-electron chi connectivity index (χ4n) is 3.07. The molecule has 17 heavy (non-hydrogen) atoms. The third kappa shape index (κ3) is 1.53. The van der Waals surface area contributed by atoms with E-state index >= 15 is 0 Å². The van der Waals surface area contributed by atoms with Crippen LogP contribution in [0, 0.1) is 0 Å². The number of phenolic OH excluding ortho intramolecular Hbond substituents is 1. The van der Waals surface area contributed by atoms with Crippen molar-refractivity contribution in [3.63, 3.8) is 0 Å². The monoisotopic (exact) mass is 232 g/mol. The highest BCUT2D eigenvalue weighted by Crippen LogP contribution is 2.46. The van der Waals surface area contributed by atoms with E-state index in [9.17, 15) is 5.11 Å². The molecule has 1 aliphatic carbocycles. The van der Waals surface area contributed by atoms with Gasteiger partial charge in [-0.2, -0.15) is 0 Å². The first-order valence-corrected chi connectivity index (χ1v) is 6.47. The number of aromatic hydroxyl groups is 1. The Bertz CT molecular complexity index is 452. The summed E-state index contributed by atoms with van der Waals surface area (Å²) in [6.07, 6.45) is 5.24. The quantitative estimate of drug-likeness (QED) is 0.779. The highest BCUT2D eigenvalue weighted by Gasteiger charge is 2.37. The minimum Gasteiger partial charge on any atom is -0.507 e. The van der Waals surface area contributed by atoms with E-state index in [1.54, 1.807) is 0 Å². The summed E-state index contributed by atoms with van der Waals surface area (Å²) in [6.45, 7) is 1.07. The summed E-state index contributed by atoms with van der Waals surface area (Å²) in [5, 5.41) is 10.4. The van der Waals surface area contributed by atoms with Gasteiger partial charge >= 0.3 is 0 Å². The molecule has 0 unspecified atom stereocenters. The standard InChI is InChI=1S/C14H20N2O/c1-16-9-2-4-10-12(16)6-5-11(13(10)17)14(15)7-3-8-14/h5-6,17H,2-4,7-9,15H2,1H3. The summed E-state index contributed by atoms with van der Waals surface area (Å²) in [6, 6.07) is 4.14. The average Bonchev–Trinajstić information content (AvgIpc) is 2.28. The molecule has 1 aromatic rings. The molecule has 0 spiro atoms. The number of hydrogen-bond donors (Lipinski definition) is 2. The number of fused-ring (bicyclic) bond motifs is 1. The molecule has 0 amide bonds. The molecule has 3 rings (SSSR count). The summed E-state index contributed by atoms with van der Waals surface area (Å²) in [4.78, 5) is 2.21. The molecule has 1 saturated carbocycles. The number of nitrogens with two attached hydrogens (primary N) is 1. The number of rotatable bonds is 1. The molecule has 1 fully saturated rings. The molecule has 3 nitrogen and oxygen atoms in total. The Morgan fingerprint density at radius 1 is 1.29 bits per heavy atom. The van der Waals surface area contributed by atoms with Crippen LogP contribution in [0.15, 0.2) is 12.1 Å². The molecule has 0 aromatic heterocycles. The lowest BCUT2D eigenvalue weighted by Gasteiger charge is -2.40. The first-order chi connectivity index (χ1) is 8.12. The Morgan fingerprint density at radius 3 is 2.71 bits per heavy atom. The second-order valence-corrected chi connectivity index (χ2v) is 5.49. The van der Waals surface area contributed by atoms with Gasteiger partial charge in [-0.15, -0.1) is 0 Å². The first kappa shape index (κ1) is 10.9. The highest BCUT2D eigenvalue weighted by molar-refractivity contribution is 5.64. The van der Waals surface area contributed by atoms with Gasteiger partial charge in [-0.3, -0.25) is 0 Å². The van der Waals surface area contributed by atoms with Crippen LogP contribution in [0.1, 0.15) is 36.8 Å². The summed E-state index contributed by atoms with van der Waals surface area (Å²) in [5.41, 5.74) is 9.26. The molecule has 92 valence electrons. The summed E-state index contributed by atoms with van der Waals surface area (Å²) in [5.74, 6) is 0.455. The molecule has 1 aliphatic heterocycles. The molecule has 3 heteroatoms. The second kappa shape index (κ2) is 3.64. The largest absolute Gasteiger partial charge is 0.507 e. The van der Waals surface area contributed by atoms with Gasteiger partial charge in [0.25, 0.3) is 0 Å². The van der Waals surface area contributed by atoms with Gasteiger partial charge in [0.15, 0.2) is 0 Å². The summed E-state index contributed by atoms with van der Waals surface area (Å²) < 4.78 is 0. The number of benzene rings is 1. The maximum atomic E-state index is 10.4. The van der Waals surface area contributed by atoms with Gasteiger partial charge in [-0.1, -0.05) is 6.07 Å². The van der Waals surface area contributed by atoms with Crippen LogP contribution < -0.4 is 10.6 Å². The van der Waals surface area contributed by atoms with E-state index in [2.05, 4.69) is 18.0 Å². The molecule has 1 heterocycles. The number of nitrogens with zero attached hydrogens (tertiary/aromatic N) is 1. The summed E-state index contributed by atoms with van der Waals surface area (Å²) in [7, 11) is 2.08. The van der Waals surface area contributed by atoms with E-state index in [0.717, 1.165) is 43.4 Å². The van der Waals surface area contributed by atoms with Crippen LogP contribution in [0.3, 0.4) is 0 Å². The maximum Gasteiger partial charge on any atom is 0.125 e. The zero-order valence-corrected chi connectivity index (χ0v) is 10.4. The maximum absolute atomic E-state index is 10.4. The van der Waals surface area contributed by atoms with Crippen molar-refractivity contribution < 1.29 is 5.11 Å². The second-order valence-electron chi connectivity index (χ2n) is 5.49. The molecule has 3 N–H and O–H groups in total. The lowest BCUT2D eigenvalue weighted by molar-refractivity contribution is 0.245. The molecule has 1 aromatic carbocycles. The predicted molar refractivity (Wildman–Crippen MR) is 69.4 cm³/mol. The van der Waals surface area contributed by atoms with Gasteiger partial charge in [-0.05, 0) is 38.2 Å². The van der Waals surface area contributed by atoms with Crippen LogP contribution in [0.4, 0.5) is 5.69 Å². The predicted octanol–water partition coefficient (Wildman–Crippen LogP) is 2.11. The van der Waals surface area contributed by atoms with E-state index in [1.165, 1.54) is 12.1 Å². The normalized spacial score (nSPS) is 21.9. The Hall–Kier alpha value is -1.22. The van der Waals surface area contributed by atoms with Crippen molar-refractivity contribution >= 4 is 5.69 Å². The third-order valence-corrected chi connectivity index (χ3v) is 4.37. The van der Waals surface area contributed by atoms with Gasteiger partial charge in [-0.25, -0.2) is 0 Å². The van der Waals surface area contributed by atoms with Crippen LogP contribution in [-0.2, 0) is 12.0 Å². The SMILES string of the molecule is CN1CCCc2c1ccc(C1(N)CCC1)c2O. The van der Waals surface area contributed by atoms with Crippen molar-refractivity contribution in [2.24, 2.45) is 5.73 Å². The van der Waals surface area contributed by atoms with Gasteiger partial charge < -0.3 is 15.7 Å². The van der Waals surface area contributed by atoms with Crippen molar-refractivity contribution in [3.8, 4) is 5.75 Å². The fraction of sp³-hybridized carbons (Fsp3) is 0.571. The summed E-state index contributed by atoms with van der Waals surface area (Å²) >= 11 is 0. The molecule has 0 bridgehead atoms. The number of phenols is 1. The Morgan fingerprint density at radius 2 is 2.06 bits per heavy atom. The minimum absolute atomic E-state index is 0.269. The van der Waals surface area contributed by atoms with Crippen molar-refractivity contribution in [1.82, 2.24) is 0 Å². The first-order valence-electron chi connectivity index (χ1n) is 6.47. The third-order valence-electron chi connectivity index (χ3n) is 4.37. The molecule has 0 atom stereocenters. The van der Waals surface area contributed by atoms with Gasteiger partial charge in [0.2, 0.25) is 0 Å². The van der Waals surface area contributed by atoms with E-state index < -0.39 is 0 Å². The van der Waals surface area contributed by atoms with E-state index in [4.69, 9.17) is 5.73 Å². The van der Waals surface area contributed by atoms with E-state index in [1.807, 2.05) is 6.07 Å². The van der Waals surface area contributed by atoms with Crippen molar-refractivity contribution in [2.45, 2.75) is 37.6 Å². The molecule has 0 radical (unpaired) electrons. The van der Waals surface area contributed by atoms with Gasteiger partial charge in [0.05, 0.1) is 0 Å². The van der Waals surface area contributed by atoms with Crippen LogP contribution in [-0.4, -0.2) is 18.7 Å². The van der Waals surface area contributed by atoms with Crippen LogP contribution in [0.5, 0.6) is 5.75 Å².